The number of hydrogen-bond acceptors (Lipinski definition) is 4. The Bertz CT molecular complexity index is 605. The number of aromatic nitrogens is 1. The van der Waals surface area contributed by atoms with E-state index in [1.807, 2.05) is 30.3 Å². The Labute approximate surface area is 123 Å². The molecule has 1 amide bonds. The molecule has 2 aromatic rings. The lowest BCUT2D eigenvalue weighted by Crippen LogP contribution is -2.39. The monoisotopic (exact) mass is 286 g/mol. The third-order valence-corrected chi connectivity index (χ3v) is 3.62. The molecule has 1 saturated carbocycles. The summed E-state index contributed by atoms with van der Waals surface area (Å²) in [7, 11) is 0. The van der Waals surface area contributed by atoms with Gasteiger partial charge in [0, 0.05) is 12.0 Å². The van der Waals surface area contributed by atoms with Gasteiger partial charge in [-0.3, -0.25) is 4.79 Å². The summed E-state index contributed by atoms with van der Waals surface area (Å²) in [5, 5.41) is 16.0. The summed E-state index contributed by atoms with van der Waals surface area (Å²) in [5.74, 6) is 0.904. The Morgan fingerprint density at radius 1 is 1.38 bits per heavy atom. The smallest absolute Gasteiger partial charge is 0.273 e. The van der Waals surface area contributed by atoms with Gasteiger partial charge >= 0.3 is 0 Å². The quantitative estimate of drug-likeness (QED) is 0.850. The van der Waals surface area contributed by atoms with Crippen LogP contribution in [0.2, 0.25) is 0 Å². The predicted octanol–water partition coefficient (Wildman–Crippen LogP) is 1.89. The molecule has 21 heavy (non-hydrogen) atoms. The van der Waals surface area contributed by atoms with Crippen LogP contribution in [0.4, 0.5) is 0 Å². The van der Waals surface area contributed by atoms with Gasteiger partial charge in [-0.2, -0.15) is 0 Å². The molecule has 1 aliphatic carbocycles. The number of amides is 1. The minimum atomic E-state index is -0.332. The zero-order valence-corrected chi connectivity index (χ0v) is 11.7. The normalized spacial score (nSPS) is 15.7. The number of nitrogens with one attached hydrogen (secondary N) is 1. The van der Waals surface area contributed by atoms with E-state index in [1.54, 1.807) is 6.07 Å². The van der Waals surface area contributed by atoms with E-state index >= 15 is 0 Å². The summed E-state index contributed by atoms with van der Waals surface area (Å²) in [6.45, 7) is -0.117. The molecule has 0 unspecified atom stereocenters. The highest BCUT2D eigenvalue weighted by Gasteiger charge is 2.29. The molecular weight excluding hydrogens is 268 g/mol. The van der Waals surface area contributed by atoms with Crippen LogP contribution in [-0.2, 0) is 6.42 Å². The highest BCUT2D eigenvalue weighted by molar-refractivity contribution is 5.92. The second-order valence-electron chi connectivity index (χ2n) is 5.43. The lowest BCUT2D eigenvalue weighted by Gasteiger charge is -2.15. The van der Waals surface area contributed by atoms with Crippen molar-refractivity contribution in [3.8, 4) is 0 Å². The number of aliphatic hydroxyl groups is 1. The number of hydrogen-bond donors (Lipinski definition) is 2. The van der Waals surface area contributed by atoms with Crippen molar-refractivity contribution in [1.82, 2.24) is 10.5 Å². The molecule has 1 aliphatic rings. The fourth-order valence-corrected chi connectivity index (χ4v) is 2.28. The molecule has 1 fully saturated rings. The largest absolute Gasteiger partial charge is 0.394 e. The third kappa shape index (κ3) is 3.49. The molecule has 110 valence electrons. The van der Waals surface area contributed by atoms with Crippen LogP contribution in [0.25, 0.3) is 0 Å². The third-order valence-electron chi connectivity index (χ3n) is 3.62. The standard InChI is InChI=1S/C16H18N2O3/c19-10-13(8-11-4-2-1-3-5-11)17-16(20)14-9-15(21-18-14)12-6-7-12/h1-5,9,12-13,19H,6-8,10H2,(H,17,20)/t13-/m1/s1. The molecule has 0 spiro atoms. The molecule has 1 aromatic carbocycles. The van der Waals surface area contributed by atoms with E-state index in [4.69, 9.17) is 4.52 Å². The molecule has 0 bridgehead atoms. The van der Waals surface area contributed by atoms with Crippen LogP contribution in [0.5, 0.6) is 0 Å². The Balaban J connectivity index is 1.61. The molecule has 1 atom stereocenters. The van der Waals surface area contributed by atoms with E-state index in [-0.39, 0.29) is 24.2 Å². The maximum Gasteiger partial charge on any atom is 0.273 e. The van der Waals surface area contributed by atoms with Crippen molar-refractivity contribution in [3.05, 3.63) is 53.4 Å². The van der Waals surface area contributed by atoms with Gasteiger partial charge in [-0.05, 0) is 24.8 Å². The minimum Gasteiger partial charge on any atom is -0.394 e. The maximum absolute atomic E-state index is 12.1. The molecule has 5 heteroatoms. The first-order valence-electron chi connectivity index (χ1n) is 7.18. The van der Waals surface area contributed by atoms with Gasteiger partial charge in [0.25, 0.3) is 5.91 Å². The number of carbonyl (C=O) groups excluding carboxylic acids is 1. The Morgan fingerprint density at radius 3 is 2.81 bits per heavy atom. The zero-order chi connectivity index (χ0) is 14.7. The summed E-state index contributed by atoms with van der Waals surface area (Å²) in [5.41, 5.74) is 1.35. The molecule has 0 saturated heterocycles. The van der Waals surface area contributed by atoms with Crippen LogP contribution >= 0.6 is 0 Å². The van der Waals surface area contributed by atoms with Crippen molar-refractivity contribution in [2.45, 2.75) is 31.2 Å². The zero-order valence-electron chi connectivity index (χ0n) is 11.7. The fraction of sp³-hybridized carbons (Fsp3) is 0.375. The van der Waals surface area contributed by atoms with Crippen molar-refractivity contribution in [2.24, 2.45) is 0 Å². The first-order valence-corrected chi connectivity index (χ1v) is 7.18. The highest BCUT2D eigenvalue weighted by Crippen LogP contribution is 2.40. The van der Waals surface area contributed by atoms with Crippen LogP contribution in [0.15, 0.2) is 40.9 Å². The van der Waals surface area contributed by atoms with Gasteiger partial charge in [0.15, 0.2) is 5.69 Å². The summed E-state index contributed by atoms with van der Waals surface area (Å²) < 4.78 is 5.17. The average molecular weight is 286 g/mol. The van der Waals surface area contributed by atoms with Gasteiger partial charge in [0.2, 0.25) is 0 Å². The van der Waals surface area contributed by atoms with Gasteiger partial charge in [-0.15, -0.1) is 0 Å². The second-order valence-corrected chi connectivity index (χ2v) is 5.43. The van der Waals surface area contributed by atoms with Crippen LogP contribution in [0.1, 0.15) is 40.6 Å². The number of aliphatic hydroxyl groups excluding tert-OH is 1. The SMILES string of the molecule is O=C(N[C@@H](CO)Cc1ccccc1)c1cc(C2CC2)on1. The summed E-state index contributed by atoms with van der Waals surface area (Å²) in [6.07, 6.45) is 2.78. The molecule has 0 radical (unpaired) electrons. The van der Waals surface area contributed by atoms with Crippen LogP contribution in [-0.4, -0.2) is 28.8 Å². The van der Waals surface area contributed by atoms with Crippen molar-refractivity contribution >= 4 is 5.91 Å². The van der Waals surface area contributed by atoms with E-state index in [0.29, 0.717) is 12.3 Å². The topological polar surface area (TPSA) is 75.4 Å². The Hall–Kier alpha value is -2.14. The number of nitrogens with zero attached hydrogens (tertiary/aromatic N) is 1. The molecule has 2 N–H and O–H groups in total. The van der Waals surface area contributed by atoms with E-state index in [0.717, 1.165) is 24.2 Å². The summed E-state index contributed by atoms with van der Waals surface area (Å²) >= 11 is 0. The molecule has 3 rings (SSSR count). The van der Waals surface area contributed by atoms with Crippen LogP contribution < -0.4 is 5.32 Å². The molecule has 1 heterocycles. The van der Waals surface area contributed by atoms with Crippen LogP contribution in [0.3, 0.4) is 0 Å². The summed E-state index contributed by atoms with van der Waals surface area (Å²) in [4.78, 5) is 12.1. The lowest BCUT2D eigenvalue weighted by molar-refractivity contribution is 0.0907. The first-order chi connectivity index (χ1) is 10.3. The van der Waals surface area contributed by atoms with Gasteiger partial charge in [0.05, 0.1) is 12.6 Å². The van der Waals surface area contributed by atoms with Gasteiger partial charge in [-0.25, -0.2) is 0 Å². The van der Waals surface area contributed by atoms with Gasteiger partial charge in [-0.1, -0.05) is 35.5 Å². The van der Waals surface area contributed by atoms with E-state index < -0.39 is 0 Å². The van der Waals surface area contributed by atoms with Crippen LogP contribution in [0, 0.1) is 0 Å². The number of rotatable bonds is 6. The van der Waals surface area contributed by atoms with Gasteiger partial charge in [0.1, 0.15) is 5.76 Å². The van der Waals surface area contributed by atoms with Crippen molar-refractivity contribution < 1.29 is 14.4 Å². The van der Waals surface area contributed by atoms with E-state index in [1.165, 1.54) is 0 Å². The highest BCUT2D eigenvalue weighted by atomic mass is 16.5. The molecular formula is C16H18N2O3. The van der Waals surface area contributed by atoms with Crippen molar-refractivity contribution in [1.29, 1.82) is 0 Å². The fourth-order valence-electron chi connectivity index (χ4n) is 2.28. The second kappa shape index (κ2) is 6.10. The van der Waals surface area contributed by atoms with E-state index in [2.05, 4.69) is 10.5 Å². The number of carbonyl (C=O) groups is 1. The molecule has 5 nitrogen and oxygen atoms in total. The number of benzene rings is 1. The summed E-state index contributed by atoms with van der Waals surface area (Å²) in [6, 6.07) is 11.1. The Morgan fingerprint density at radius 2 is 2.14 bits per heavy atom. The first kappa shape index (κ1) is 13.8. The van der Waals surface area contributed by atoms with Crippen molar-refractivity contribution in [3.63, 3.8) is 0 Å². The van der Waals surface area contributed by atoms with Gasteiger partial charge < -0.3 is 14.9 Å². The predicted molar refractivity (Wildman–Crippen MR) is 77.0 cm³/mol. The lowest BCUT2D eigenvalue weighted by atomic mass is 10.1. The maximum atomic E-state index is 12.1. The Kier molecular flexibility index (Phi) is 4.01. The molecule has 0 aliphatic heterocycles. The average Bonchev–Trinajstić information content (AvgIpc) is 3.24. The minimum absolute atomic E-state index is 0.117. The molecule has 1 aromatic heterocycles. The van der Waals surface area contributed by atoms with E-state index in [9.17, 15) is 9.90 Å². The van der Waals surface area contributed by atoms with Crippen molar-refractivity contribution in [2.75, 3.05) is 6.61 Å².